The van der Waals surface area contributed by atoms with Gasteiger partial charge in [-0.2, -0.15) is 11.8 Å². The number of benzene rings is 1. The Kier molecular flexibility index (Phi) is 3.27. The Morgan fingerprint density at radius 3 is 2.83 bits per heavy atom. The molecule has 1 aromatic heterocycles. The molecule has 1 aliphatic rings. The average Bonchev–Trinajstić information content (AvgIpc) is 3.19. The van der Waals surface area contributed by atoms with Crippen molar-refractivity contribution >= 4 is 22.7 Å². The van der Waals surface area contributed by atoms with Crippen molar-refractivity contribution in [3.05, 3.63) is 42.1 Å². The first kappa shape index (κ1) is 12.0. The van der Waals surface area contributed by atoms with Crippen molar-refractivity contribution < 1.29 is 0 Å². The first-order valence-electron chi connectivity index (χ1n) is 6.42. The first-order chi connectivity index (χ1) is 8.81. The van der Waals surface area contributed by atoms with E-state index in [4.69, 9.17) is 0 Å². The maximum absolute atomic E-state index is 4.67. The molecular weight excluding hydrogens is 240 g/mol. The lowest BCUT2D eigenvalue weighted by molar-refractivity contribution is 0.654. The zero-order valence-electron chi connectivity index (χ0n) is 10.6. The summed E-state index contributed by atoms with van der Waals surface area (Å²) in [5, 5.41) is 4.75. The highest BCUT2D eigenvalue weighted by atomic mass is 32.2. The monoisotopic (exact) mass is 258 g/mol. The van der Waals surface area contributed by atoms with Crippen LogP contribution in [0.2, 0.25) is 0 Å². The van der Waals surface area contributed by atoms with Crippen molar-refractivity contribution in [2.24, 2.45) is 0 Å². The lowest BCUT2D eigenvalue weighted by atomic mass is 10.2. The second kappa shape index (κ2) is 4.90. The van der Waals surface area contributed by atoms with E-state index in [1.807, 2.05) is 17.8 Å². The van der Waals surface area contributed by atoms with E-state index < -0.39 is 0 Å². The van der Waals surface area contributed by atoms with E-state index in [1.54, 1.807) is 0 Å². The second-order valence-electron chi connectivity index (χ2n) is 4.99. The van der Waals surface area contributed by atoms with E-state index in [1.165, 1.54) is 18.2 Å². The minimum atomic E-state index is 0.525. The zero-order valence-corrected chi connectivity index (χ0v) is 11.5. The fraction of sp³-hybridized carbons (Fsp3) is 0.400. The smallest absolute Gasteiger partial charge is 0.0705 e. The van der Waals surface area contributed by atoms with Gasteiger partial charge in [0, 0.05) is 23.2 Å². The van der Waals surface area contributed by atoms with Crippen LogP contribution < -0.4 is 5.32 Å². The Bertz CT molecular complexity index is 549. The molecule has 0 spiro atoms. The maximum atomic E-state index is 4.67. The van der Waals surface area contributed by atoms with E-state index in [-0.39, 0.29) is 0 Å². The van der Waals surface area contributed by atoms with Crippen molar-refractivity contribution in [2.45, 2.75) is 24.1 Å². The molecule has 0 saturated heterocycles. The van der Waals surface area contributed by atoms with Crippen LogP contribution in [-0.2, 0) is 6.54 Å². The topological polar surface area (TPSA) is 24.9 Å². The van der Waals surface area contributed by atoms with Crippen molar-refractivity contribution in [1.29, 1.82) is 0 Å². The van der Waals surface area contributed by atoms with Crippen LogP contribution in [0.25, 0.3) is 10.9 Å². The lowest BCUT2D eigenvalue weighted by Gasteiger charge is -2.12. The quantitative estimate of drug-likeness (QED) is 0.891. The third-order valence-corrected chi connectivity index (χ3v) is 5.07. The summed E-state index contributed by atoms with van der Waals surface area (Å²) >= 11 is 1.99. The van der Waals surface area contributed by atoms with E-state index in [0.717, 1.165) is 24.3 Å². The largest absolute Gasteiger partial charge is 0.310 e. The van der Waals surface area contributed by atoms with Crippen LogP contribution in [0.1, 0.15) is 18.5 Å². The summed E-state index contributed by atoms with van der Waals surface area (Å²) in [7, 11) is 0. The Morgan fingerprint density at radius 1 is 1.22 bits per heavy atom. The molecule has 3 heteroatoms. The fourth-order valence-electron chi connectivity index (χ4n) is 2.22. The first-order valence-corrected chi connectivity index (χ1v) is 7.64. The van der Waals surface area contributed by atoms with Gasteiger partial charge in [0.25, 0.3) is 0 Å². The normalized spacial score (nSPS) is 16.9. The summed E-state index contributed by atoms with van der Waals surface area (Å²) < 4.78 is 0.525. The number of hydrogen-bond acceptors (Lipinski definition) is 3. The van der Waals surface area contributed by atoms with E-state index >= 15 is 0 Å². The van der Waals surface area contributed by atoms with Crippen LogP contribution in [0, 0.1) is 0 Å². The third-order valence-electron chi connectivity index (χ3n) is 3.65. The second-order valence-corrected chi connectivity index (χ2v) is 6.26. The molecule has 0 radical (unpaired) electrons. The Hall–Kier alpha value is -1.06. The van der Waals surface area contributed by atoms with Gasteiger partial charge in [0.1, 0.15) is 0 Å². The number of fused-ring (bicyclic) bond motifs is 1. The van der Waals surface area contributed by atoms with Gasteiger partial charge in [0.05, 0.1) is 11.2 Å². The van der Waals surface area contributed by atoms with Gasteiger partial charge >= 0.3 is 0 Å². The molecule has 1 aliphatic carbocycles. The van der Waals surface area contributed by atoms with Gasteiger partial charge in [-0.1, -0.05) is 24.3 Å². The highest BCUT2D eigenvalue weighted by Crippen LogP contribution is 2.46. The molecular formula is C15H18N2S. The third kappa shape index (κ3) is 2.52. The molecule has 1 heterocycles. The summed E-state index contributed by atoms with van der Waals surface area (Å²) in [6.45, 7) is 1.97. The standard InChI is InChI=1S/C15H18N2S/c1-18-15(8-9-15)11-16-10-13-7-6-12-4-2-3-5-14(12)17-13/h2-7,16H,8-11H2,1H3. The highest BCUT2D eigenvalue weighted by molar-refractivity contribution is 8.00. The number of nitrogens with one attached hydrogen (secondary N) is 1. The molecule has 1 N–H and O–H groups in total. The molecule has 0 amide bonds. The average molecular weight is 258 g/mol. The maximum Gasteiger partial charge on any atom is 0.0705 e. The van der Waals surface area contributed by atoms with E-state index in [2.05, 4.69) is 46.9 Å². The van der Waals surface area contributed by atoms with Crippen LogP contribution in [0.5, 0.6) is 0 Å². The molecule has 0 aliphatic heterocycles. The van der Waals surface area contributed by atoms with E-state index in [0.29, 0.717) is 4.75 Å². The number of para-hydroxylation sites is 1. The number of nitrogens with zero attached hydrogens (tertiary/aromatic N) is 1. The van der Waals surface area contributed by atoms with Gasteiger partial charge in [-0.05, 0) is 31.2 Å². The number of pyridine rings is 1. The van der Waals surface area contributed by atoms with Crippen LogP contribution in [0.15, 0.2) is 36.4 Å². The van der Waals surface area contributed by atoms with Crippen molar-refractivity contribution in [3.63, 3.8) is 0 Å². The number of thioether (sulfide) groups is 1. The summed E-state index contributed by atoms with van der Waals surface area (Å²) in [6.07, 6.45) is 4.92. The number of aromatic nitrogens is 1. The van der Waals surface area contributed by atoms with Crippen LogP contribution in [0.4, 0.5) is 0 Å². The van der Waals surface area contributed by atoms with Gasteiger partial charge in [-0.25, -0.2) is 0 Å². The molecule has 2 nitrogen and oxygen atoms in total. The van der Waals surface area contributed by atoms with Crippen LogP contribution in [0.3, 0.4) is 0 Å². The summed E-state index contributed by atoms with van der Waals surface area (Å²) in [5.74, 6) is 0. The molecule has 1 saturated carbocycles. The molecule has 3 rings (SSSR count). The Balaban J connectivity index is 1.64. The molecule has 0 atom stereocenters. The lowest BCUT2D eigenvalue weighted by Crippen LogP contribution is -2.25. The van der Waals surface area contributed by atoms with Crippen LogP contribution in [-0.4, -0.2) is 22.5 Å². The minimum absolute atomic E-state index is 0.525. The Labute approximate surface area is 112 Å². The molecule has 1 aromatic carbocycles. The zero-order chi connectivity index (χ0) is 12.4. The van der Waals surface area contributed by atoms with Gasteiger partial charge in [0.2, 0.25) is 0 Å². The fourth-order valence-corrected chi connectivity index (χ4v) is 2.97. The molecule has 1 fully saturated rings. The molecule has 0 unspecified atom stereocenters. The van der Waals surface area contributed by atoms with Crippen LogP contribution >= 0.6 is 11.8 Å². The van der Waals surface area contributed by atoms with Crippen molar-refractivity contribution in [2.75, 3.05) is 12.8 Å². The summed E-state index contributed by atoms with van der Waals surface area (Å²) in [4.78, 5) is 4.67. The van der Waals surface area contributed by atoms with Gasteiger partial charge < -0.3 is 5.32 Å². The predicted octanol–water partition coefficient (Wildman–Crippen LogP) is 3.22. The van der Waals surface area contributed by atoms with Crippen molar-refractivity contribution in [1.82, 2.24) is 10.3 Å². The van der Waals surface area contributed by atoms with Gasteiger partial charge in [-0.15, -0.1) is 0 Å². The Morgan fingerprint density at radius 2 is 2.06 bits per heavy atom. The highest BCUT2D eigenvalue weighted by Gasteiger charge is 2.41. The molecule has 18 heavy (non-hydrogen) atoms. The molecule has 94 valence electrons. The summed E-state index contributed by atoms with van der Waals surface area (Å²) in [6, 6.07) is 12.5. The number of rotatable bonds is 5. The minimum Gasteiger partial charge on any atom is -0.310 e. The van der Waals surface area contributed by atoms with Gasteiger partial charge in [-0.3, -0.25) is 4.98 Å². The molecule has 0 bridgehead atoms. The summed E-state index contributed by atoms with van der Waals surface area (Å²) in [5.41, 5.74) is 2.22. The van der Waals surface area contributed by atoms with Crippen molar-refractivity contribution in [3.8, 4) is 0 Å². The van der Waals surface area contributed by atoms with Gasteiger partial charge in [0.15, 0.2) is 0 Å². The SMILES string of the molecule is CSC1(CNCc2ccc3ccccc3n2)CC1. The predicted molar refractivity (Wildman–Crippen MR) is 78.9 cm³/mol. The number of hydrogen-bond donors (Lipinski definition) is 1. The van der Waals surface area contributed by atoms with E-state index in [9.17, 15) is 0 Å². The molecule has 2 aromatic rings.